The van der Waals surface area contributed by atoms with Crippen LogP contribution in [0.5, 0.6) is 5.75 Å². The summed E-state index contributed by atoms with van der Waals surface area (Å²) >= 11 is 6.99. The summed E-state index contributed by atoms with van der Waals surface area (Å²) in [5.41, 5.74) is 1.33. The Bertz CT molecular complexity index is 420. The van der Waals surface area contributed by atoms with Gasteiger partial charge in [-0.25, -0.2) is 0 Å². The van der Waals surface area contributed by atoms with Crippen LogP contribution in [0.2, 0.25) is 0 Å². The SMILES string of the molecule is COc1ccc(CN2CCN(C(=S)SC)CC2)cc1.Cl. The molecule has 1 saturated heterocycles. The number of hydrogen-bond acceptors (Lipinski definition) is 4. The third-order valence-corrected chi connectivity index (χ3v) is 4.74. The van der Waals surface area contributed by atoms with Gasteiger partial charge in [0.05, 0.1) is 7.11 Å². The number of halogens is 1. The molecule has 0 saturated carbocycles. The smallest absolute Gasteiger partial charge is 0.136 e. The van der Waals surface area contributed by atoms with Gasteiger partial charge in [-0.3, -0.25) is 4.90 Å². The Morgan fingerprint density at radius 1 is 1.20 bits per heavy atom. The Hall–Kier alpha value is -0.490. The van der Waals surface area contributed by atoms with Crippen molar-refractivity contribution in [2.75, 3.05) is 39.5 Å². The fourth-order valence-electron chi connectivity index (χ4n) is 2.21. The van der Waals surface area contributed by atoms with E-state index < -0.39 is 0 Å². The van der Waals surface area contributed by atoms with Gasteiger partial charge in [-0.05, 0) is 24.0 Å². The van der Waals surface area contributed by atoms with Crippen molar-refractivity contribution in [3.63, 3.8) is 0 Å². The zero-order valence-corrected chi connectivity index (χ0v) is 14.3. The van der Waals surface area contributed by atoms with Gasteiger partial charge in [0.1, 0.15) is 10.1 Å². The Morgan fingerprint density at radius 3 is 2.30 bits per heavy atom. The zero-order valence-electron chi connectivity index (χ0n) is 11.9. The molecule has 1 heterocycles. The van der Waals surface area contributed by atoms with Crippen molar-refractivity contribution in [3.8, 4) is 5.75 Å². The maximum absolute atomic E-state index is 5.33. The fraction of sp³-hybridized carbons (Fsp3) is 0.500. The molecule has 0 aliphatic carbocycles. The predicted octanol–water partition coefficient (Wildman–Crippen LogP) is 2.88. The van der Waals surface area contributed by atoms with E-state index in [0.717, 1.165) is 42.8 Å². The molecule has 0 amide bonds. The van der Waals surface area contributed by atoms with E-state index in [0.29, 0.717) is 0 Å². The van der Waals surface area contributed by atoms with Gasteiger partial charge in [0.15, 0.2) is 0 Å². The van der Waals surface area contributed by atoms with Crippen molar-refractivity contribution < 1.29 is 4.74 Å². The van der Waals surface area contributed by atoms with E-state index in [1.54, 1.807) is 18.9 Å². The van der Waals surface area contributed by atoms with Crippen molar-refractivity contribution >= 4 is 40.7 Å². The molecule has 0 atom stereocenters. The molecule has 1 aliphatic rings. The molecule has 20 heavy (non-hydrogen) atoms. The van der Waals surface area contributed by atoms with Crippen molar-refractivity contribution in [2.24, 2.45) is 0 Å². The quantitative estimate of drug-likeness (QED) is 0.788. The van der Waals surface area contributed by atoms with Crippen LogP contribution in [-0.2, 0) is 6.54 Å². The lowest BCUT2D eigenvalue weighted by Crippen LogP contribution is -2.47. The molecular weight excluding hydrogens is 312 g/mol. The minimum absolute atomic E-state index is 0. The van der Waals surface area contributed by atoms with Crippen LogP contribution in [0, 0.1) is 0 Å². The van der Waals surface area contributed by atoms with Crippen LogP contribution in [-0.4, -0.2) is 53.7 Å². The molecule has 112 valence electrons. The van der Waals surface area contributed by atoms with E-state index in [4.69, 9.17) is 17.0 Å². The Kier molecular flexibility index (Phi) is 7.66. The molecular formula is C14H21ClN2OS2. The first-order valence-corrected chi connectivity index (χ1v) is 8.04. The molecule has 0 N–H and O–H groups in total. The van der Waals surface area contributed by atoms with Crippen molar-refractivity contribution in [2.45, 2.75) is 6.54 Å². The zero-order chi connectivity index (χ0) is 13.7. The highest BCUT2D eigenvalue weighted by molar-refractivity contribution is 8.22. The topological polar surface area (TPSA) is 15.7 Å². The summed E-state index contributed by atoms with van der Waals surface area (Å²) in [6.07, 6.45) is 2.05. The summed E-state index contributed by atoms with van der Waals surface area (Å²) < 4.78 is 6.19. The van der Waals surface area contributed by atoms with Crippen LogP contribution in [0.1, 0.15) is 5.56 Å². The van der Waals surface area contributed by atoms with Crippen LogP contribution in [0.4, 0.5) is 0 Å². The molecule has 0 unspecified atom stereocenters. The first-order chi connectivity index (χ1) is 9.22. The van der Waals surface area contributed by atoms with Gasteiger partial charge in [-0.15, -0.1) is 24.2 Å². The number of hydrogen-bond donors (Lipinski definition) is 0. The molecule has 1 fully saturated rings. The lowest BCUT2D eigenvalue weighted by atomic mass is 10.2. The largest absolute Gasteiger partial charge is 0.497 e. The summed E-state index contributed by atoms with van der Waals surface area (Å²) in [5.74, 6) is 0.916. The third kappa shape index (κ3) is 4.81. The highest BCUT2D eigenvalue weighted by Crippen LogP contribution is 2.15. The van der Waals surface area contributed by atoms with Crippen LogP contribution in [0.25, 0.3) is 0 Å². The van der Waals surface area contributed by atoms with Crippen molar-refractivity contribution in [1.82, 2.24) is 9.80 Å². The minimum Gasteiger partial charge on any atom is -0.497 e. The van der Waals surface area contributed by atoms with Gasteiger partial charge in [0, 0.05) is 32.7 Å². The van der Waals surface area contributed by atoms with Crippen LogP contribution < -0.4 is 4.74 Å². The summed E-state index contributed by atoms with van der Waals surface area (Å²) in [6.45, 7) is 5.23. The molecule has 6 heteroatoms. The monoisotopic (exact) mass is 332 g/mol. The van der Waals surface area contributed by atoms with E-state index >= 15 is 0 Å². The second-order valence-corrected chi connectivity index (χ2v) is 6.02. The van der Waals surface area contributed by atoms with E-state index in [-0.39, 0.29) is 12.4 Å². The second-order valence-electron chi connectivity index (χ2n) is 4.58. The van der Waals surface area contributed by atoms with Crippen LogP contribution in [0.15, 0.2) is 24.3 Å². The number of ether oxygens (including phenoxy) is 1. The average Bonchev–Trinajstić information content (AvgIpc) is 2.48. The predicted molar refractivity (Wildman–Crippen MR) is 93.2 cm³/mol. The number of benzene rings is 1. The molecule has 0 spiro atoms. The molecule has 0 bridgehead atoms. The fourth-order valence-corrected chi connectivity index (χ4v) is 2.83. The first kappa shape index (κ1) is 17.6. The number of thiocarbonyl (C=S) groups is 1. The van der Waals surface area contributed by atoms with E-state index in [9.17, 15) is 0 Å². The minimum atomic E-state index is 0. The maximum atomic E-state index is 5.33. The van der Waals surface area contributed by atoms with Crippen molar-refractivity contribution in [3.05, 3.63) is 29.8 Å². The van der Waals surface area contributed by atoms with E-state index in [2.05, 4.69) is 21.9 Å². The van der Waals surface area contributed by atoms with E-state index in [1.165, 1.54) is 5.56 Å². The molecule has 0 aromatic heterocycles. The highest BCUT2D eigenvalue weighted by Gasteiger charge is 2.18. The standard InChI is InChI=1S/C14H20N2OS2.ClH/c1-17-13-5-3-12(4-6-13)11-15-7-9-16(10-8-15)14(18)19-2;/h3-6H,7-11H2,1-2H3;1H. The van der Waals surface area contributed by atoms with Crippen LogP contribution >= 0.6 is 36.4 Å². The second kappa shape index (κ2) is 8.72. The number of piperazine rings is 1. The molecule has 1 aliphatic heterocycles. The highest BCUT2D eigenvalue weighted by atomic mass is 35.5. The number of thioether (sulfide) groups is 1. The number of rotatable bonds is 3. The third-order valence-electron chi connectivity index (χ3n) is 3.37. The van der Waals surface area contributed by atoms with Gasteiger partial charge in [-0.2, -0.15) is 0 Å². The average molecular weight is 333 g/mol. The molecule has 1 aromatic rings. The Balaban J connectivity index is 0.00000200. The normalized spacial score (nSPS) is 15.6. The van der Waals surface area contributed by atoms with Gasteiger partial charge in [0.25, 0.3) is 0 Å². The Labute approximate surface area is 137 Å². The number of methoxy groups -OCH3 is 1. The lowest BCUT2D eigenvalue weighted by Gasteiger charge is -2.35. The van der Waals surface area contributed by atoms with Crippen molar-refractivity contribution in [1.29, 1.82) is 0 Å². The van der Waals surface area contributed by atoms with Gasteiger partial charge in [0.2, 0.25) is 0 Å². The number of nitrogens with zero attached hydrogens (tertiary/aromatic N) is 2. The molecule has 1 aromatic carbocycles. The Morgan fingerprint density at radius 2 is 1.80 bits per heavy atom. The summed E-state index contributed by atoms with van der Waals surface area (Å²) in [7, 11) is 1.70. The molecule has 0 radical (unpaired) electrons. The van der Waals surface area contributed by atoms with E-state index in [1.807, 2.05) is 18.4 Å². The van der Waals surface area contributed by atoms with Gasteiger partial charge < -0.3 is 9.64 Å². The lowest BCUT2D eigenvalue weighted by molar-refractivity contribution is 0.179. The molecule has 3 nitrogen and oxygen atoms in total. The van der Waals surface area contributed by atoms with Gasteiger partial charge >= 0.3 is 0 Å². The first-order valence-electron chi connectivity index (χ1n) is 6.41. The summed E-state index contributed by atoms with van der Waals surface area (Å²) in [6, 6.07) is 8.32. The summed E-state index contributed by atoms with van der Waals surface area (Å²) in [5, 5.41) is 0. The van der Waals surface area contributed by atoms with Gasteiger partial charge in [-0.1, -0.05) is 24.4 Å². The molecule has 2 rings (SSSR count). The summed E-state index contributed by atoms with van der Waals surface area (Å²) in [4.78, 5) is 4.77. The maximum Gasteiger partial charge on any atom is 0.136 e. The van der Waals surface area contributed by atoms with Crippen LogP contribution in [0.3, 0.4) is 0 Å².